The van der Waals surface area contributed by atoms with Crippen LogP contribution in [0.4, 0.5) is 15.8 Å². The molecule has 130 valence electrons. The lowest BCUT2D eigenvalue weighted by molar-refractivity contribution is -0.116. The van der Waals surface area contributed by atoms with Crippen molar-refractivity contribution < 1.29 is 14.0 Å². The molecule has 1 N–H and O–H groups in total. The third-order valence-corrected chi connectivity index (χ3v) is 4.56. The number of fused-ring (bicyclic) bond motifs is 1. The zero-order valence-electron chi connectivity index (χ0n) is 14.1. The van der Waals surface area contributed by atoms with Gasteiger partial charge in [-0.15, -0.1) is 0 Å². The molecule has 1 aliphatic rings. The molecule has 0 unspecified atom stereocenters. The van der Waals surface area contributed by atoms with Gasteiger partial charge in [-0.25, -0.2) is 9.37 Å². The van der Waals surface area contributed by atoms with Crippen LogP contribution in [-0.2, 0) is 10.2 Å². The lowest BCUT2D eigenvalue weighted by atomic mass is 9.87. The predicted octanol–water partition coefficient (Wildman–Crippen LogP) is 3.77. The SMILES string of the molecule is CC(=O)N1CC(C)(C)c2ccc(NC(=O)c3cc(F)cnc3Cl)cc21. The van der Waals surface area contributed by atoms with E-state index < -0.39 is 11.7 Å². The van der Waals surface area contributed by atoms with Crippen molar-refractivity contribution in [2.24, 2.45) is 0 Å². The van der Waals surface area contributed by atoms with E-state index in [-0.39, 0.29) is 22.0 Å². The van der Waals surface area contributed by atoms with E-state index in [4.69, 9.17) is 11.6 Å². The van der Waals surface area contributed by atoms with E-state index in [0.717, 1.165) is 23.5 Å². The Labute approximate surface area is 149 Å². The Kier molecular flexibility index (Phi) is 4.24. The van der Waals surface area contributed by atoms with Gasteiger partial charge >= 0.3 is 0 Å². The molecule has 7 heteroatoms. The summed E-state index contributed by atoms with van der Waals surface area (Å²) in [5, 5.41) is 2.60. The first kappa shape index (κ1) is 17.4. The maximum absolute atomic E-state index is 13.3. The largest absolute Gasteiger partial charge is 0.322 e. The quantitative estimate of drug-likeness (QED) is 0.828. The van der Waals surface area contributed by atoms with Crippen molar-refractivity contribution in [2.45, 2.75) is 26.2 Å². The van der Waals surface area contributed by atoms with Crippen LogP contribution in [0.5, 0.6) is 0 Å². The second kappa shape index (κ2) is 6.11. The third-order valence-electron chi connectivity index (χ3n) is 4.26. The number of carbonyl (C=O) groups excluding carboxylic acids is 2. The summed E-state index contributed by atoms with van der Waals surface area (Å²) >= 11 is 5.86. The molecule has 0 atom stereocenters. The second-order valence-corrected chi connectivity index (χ2v) is 7.03. The Balaban J connectivity index is 1.93. The number of aromatic nitrogens is 1. The minimum Gasteiger partial charge on any atom is -0.322 e. The summed E-state index contributed by atoms with van der Waals surface area (Å²) in [4.78, 5) is 29.6. The van der Waals surface area contributed by atoms with Gasteiger partial charge in [0, 0.05) is 30.3 Å². The van der Waals surface area contributed by atoms with Crippen LogP contribution >= 0.6 is 11.6 Å². The number of pyridine rings is 1. The highest BCUT2D eigenvalue weighted by Gasteiger charge is 2.36. The van der Waals surface area contributed by atoms with E-state index in [1.165, 1.54) is 6.92 Å². The molecule has 1 aliphatic heterocycles. The predicted molar refractivity (Wildman–Crippen MR) is 94.7 cm³/mol. The second-order valence-electron chi connectivity index (χ2n) is 6.67. The average Bonchev–Trinajstić information content (AvgIpc) is 2.81. The van der Waals surface area contributed by atoms with Crippen LogP contribution in [0.25, 0.3) is 0 Å². The van der Waals surface area contributed by atoms with Crippen molar-refractivity contribution in [2.75, 3.05) is 16.8 Å². The molecule has 3 rings (SSSR count). The lowest BCUT2D eigenvalue weighted by Gasteiger charge is -2.19. The van der Waals surface area contributed by atoms with E-state index in [2.05, 4.69) is 24.1 Å². The van der Waals surface area contributed by atoms with E-state index >= 15 is 0 Å². The molecule has 2 amide bonds. The van der Waals surface area contributed by atoms with E-state index in [1.807, 2.05) is 6.07 Å². The average molecular weight is 362 g/mol. The molecule has 0 radical (unpaired) electrons. The van der Waals surface area contributed by atoms with Crippen molar-refractivity contribution in [3.8, 4) is 0 Å². The number of benzene rings is 1. The molecule has 1 aromatic carbocycles. The van der Waals surface area contributed by atoms with E-state index in [0.29, 0.717) is 12.2 Å². The van der Waals surface area contributed by atoms with Crippen LogP contribution in [0.3, 0.4) is 0 Å². The number of rotatable bonds is 2. The number of hydrogen-bond acceptors (Lipinski definition) is 3. The summed E-state index contributed by atoms with van der Waals surface area (Å²) in [5.74, 6) is -1.27. The normalized spacial score (nSPS) is 15.0. The molecule has 5 nitrogen and oxygen atoms in total. The molecule has 25 heavy (non-hydrogen) atoms. The molecule has 0 saturated heterocycles. The van der Waals surface area contributed by atoms with Gasteiger partial charge in [-0.3, -0.25) is 9.59 Å². The van der Waals surface area contributed by atoms with Gasteiger partial charge in [0.05, 0.1) is 11.8 Å². The molecule has 0 aliphatic carbocycles. The highest BCUT2D eigenvalue weighted by molar-refractivity contribution is 6.33. The molecule has 0 spiro atoms. The van der Waals surface area contributed by atoms with Crippen molar-refractivity contribution in [1.29, 1.82) is 0 Å². The molecular formula is C18H17ClFN3O2. The lowest BCUT2D eigenvalue weighted by Crippen LogP contribution is -2.32. The summed E-state index contributed by atoms with van der Waals surface area (Å²) in [6, 6.07) is 6.41. The number of anilines is 2. The van der Waals surface area contributed by atoms with E-state index in [1.54, 1.807) is 17.0 Å². The van der Waals surface area contributed by atoms with Crippen LogP contribution < -0.4 is 10.2 Å². The van der Waals surface area contributed by atoms with Crippen molar-refractivity contribution >= 4 is 34.8 Å². The van der Waals surface area contributed by atoms with Crippen molar-refractivity contribution in [3.05, 3.63) is 52.6 Å². The van der Waals surface area contributed by atoms with E-state index in [9.17, 15) is 14.0 Å². The Hall–Kier alpha value is -2.47. The summed E-state index contributed by atoms with van der Waals surface area (Å²) in [6.45, 7) is 6.21. The van der Waals surface area contributed by atoms with Crippen LogP contribution in [0.15, 0.2) is 30.5 Å². The monoisotopic (exact) mass is 361 g/mol. The summed E-state index contributed by atoms with van der Waals surface area (Å²) in [5.41, 5.74) is 2.07. The van der Waals surface area contributed by atoms with Crippen molar-refractivity contribution in [1.82, 2.24) is 4.98 Å². The highest BCUT2D eigenvalue weighted by atomic mass is 35.5. The third kappa shape index (κ3) is 3.22. The van der Waals surface area contributed by atoms with Crippen LogP contribution in [-0.4, -0.2) is 23.3 Å². The Morgan fingerprint density at radius 3 is 2.72 bits per heavy atom. The standard InChI is InChI=1S/C18H17ClFN3O2/c1-10(24)23-9-18(2,3)14-5-4-12(7-15(14)23)22-17(25)13-6-11(20)8-21-16(13)19/h4-8H,9H2,1-3H3,(H,22,25). The van der Waals surface area contributed by atoms with Gasteiger partial charge in [0.2, 0.25) is 5.91 Å². The fraction of sp³-hybridized carbons (Fsp3) is 0.278. The number of halogens is 2. The maximum Gasteiger partial charge on any atom is 0.258 e. The number of carbonyl (C=O) groups is 2. The van der Waals surface area contributed by atoms with Crippen LogP contribution in [0.2, 0.25) is 5.15 Å². The van der Waals surface area contributed by atoms with Gasteiger partial charge in [-0.1, -0.05) is 31.5 Å². The number of nitrogens with one attached hydrogen (secondary N) is 1. The molecule has 0 saturated carbocycles. The van der Waals surface area contributed by atoms with Gasteiger partial charge in [0.15, 0.2) is 0 Å². The minimum atomic E-state index is -0.645. The Morgan fingerprint density at radius 2 is 2.04 bits per heavy atom. The Morgan fingerprint density at radius 1 is 1.32 bits per heavy atom. The minimum absolute atomic E-state index is 0.0501. The fourth-order valence-electron chi connectivity index (χ4n) is 3.03. The number of nitrogens with zero attached hydrogens (tertiary/aromatic N) is 2. The summed E-state index contributed by atoms with van der Waals surface area (Å²) in [7, 11) is 0. The van der Waals surface area contributed by atoms with Gasteiger partial charge in [-0.05, 0) is 23.8 Å². The number of amides is 2. The summed E-state index contributed by atoms with van der Waals surface area (Å²) in [6.07, 6.45) is 0.946. The number of hydrogen-bond donors (Lipinski definition) is 1. The maximum atomic E-state index is 13.3. The topological polar surface area (TPSA) is 62.3 Å². The zero-order chi connectivity index (χ0) is 18.4. The first-order valence-electron chi connectivity index (χ1n) is 7.74. The highest BCUT2D eigenvalue weighted by Crippen LogP contribution is 2.41. The molecule has 1 aromatic heterocycles. The Bertz CT molecular complexity index is 883. The fourth-order valence-corrected chi connectivity index (χ4v) is 3.22. The van der Waals surface area contributed by atoms with Gasteiger partial charge in [-0.2, -0.15) is 0 Å². The van der Waals surface area contributed by atoms with Crippen molar-refractivity contribution in [3.63, 3.8) is 0 Å². The smallest absolute Gasteiger partial charge is 0.258 e. The molecule has 2 aromatic rings. The van der Waals surface area contributed by atoms with Gasteiger partial charge < -0.3 is 10.2 Å². The molecular weight excluding hydrogens is 345 g/mol. The molecule has 0 bridgehead atoms. The van der Waals surface area contributed by atoms with Gasteiger partial charge in [0.1, 0.15) is 11.0 Å². The van der Waals surface area contributed by atoms with Crippen LogP contribution in [0.1, 0.15) is 36.7 Å². The zero-order valence-corrected chi connectivity index (χ0v) is 14.8. The summed E-state index contributed by atoms with van der Waals surface area (Å²) < 4.78 is 13.3. The van der Waals surface area contributed by atoms with Crippen LogP contribution in [0, 0.1) is 5.82 Å². The molecule has 2 heterocycles. The van der Waals surface area contributed by atoms with Gasteiger partial charge in [0.25, 0.3) is 5.91 Å². The first-order valence-corrected chi connectivity index (χ1v) is 8.12. The first-order chi connectivity index (χ1) is 11.7. The molecule has 0 fully saturated rings.